The number of benzene rings is 1. The molecule has 0 radical (unpaired) electrons. The number of esters is 1. The van der Waals surface area contributed by atoms with Crippen molar-refractivity contribution >= 4 is 5.97 Å². The van der Waals surface area contributed by atoms with Gasteiger partial charge < -0.3 is 24.1 Å². The van der Waals surface area contributed by atoms with Crippen LogP contribution in [0.3, 0.4) is 0 Å². The van der Waals surface area contributed by atoms with Crippen LogP contribution in [-0.2, 0) is 14.3 Å². The summed E-state index contributed by atoms with van der Waals surface area (Å²) in [6.07, 6.45) is 0.413. The molecule has 1 aliphatic rings. The van der Waals surface area contributed by atoms with Gasteiger partial charge in [-0.05, 0) is 17.7 Å². The molecule has 0 aliphatic carbocycles. The molecular formula is C15H20O6. The number of methoxy groups -OCH3 is 2. The van der Waals surface area contributed by atoms with Crippen LogP contribution in [0.2, 0.25) is 0 Å². The van der Waals surface area contributed by atoms with E-state index in [1.54, 1.807) is 18.2 Å². The predicted octanol–water partition coefficient (Wildman–Crippen LogP) is 1.46. The summed E-state index contributed by atoms with van der Waals surface area (Å²) in [6.45, 7) is 1.37. The topological polar surface area (TPSA) is 74.2 Å². The van der Waals surface area contributed by atoms with Crippen molar-refractivity contribution in [3.8, 4) is 11.5 Å². The van der Waals surface area contributed by atoms with Gasteiger partial charge in [-0.1, -0.05) is 6.07 Å². The summed E-state index contributed by atoms with van der Waals surface area (Å²) in [4.78, 5) is 11.4. The predicted molar refractivity (Wildman–Crippen MR) is 74.4 cm³/mol. The van der Waals surface area contributed by atoms with Gasteiger partial charge in [0.1, 0.15) is 6.10 Å². The maximum absolute atomic E-state index is 11.4. The van der Waals surface area contributed by atoms with Gasteiger partial charge in [-0.2, -0.15) is 0 Å². The third-order valence-electron chi connectivity index (χ3n) is 3.39. The van der Waals surface area contributed by atoms with E-state index < -0.39 is 12.1 Å². The maximum Gasteiger partial charge on any atom is 0.339 e. The lowest BCUT2D eigenvalue weighted by molar-refractivity contribution is -0.150. The first-order valence-corrected chi connectivity index (χ1v) is 6.84. The average Bonchev–Trinajstić information content (AvgIpc) is 2.54. The third-order valence-corrected chi connectivity index (χ3v) is 3.39. The Kier molecular flexibility index (Phi) is 5.41. The summed E-state index contributed by atoms with van der Waals surface area (Å²) in [5.41, 5.74) is 0.401. The second kappa shape index (κ2) is 7.28. The van der Waals surface area contributed by atoms with E-state index in [1.807, 2.05) is 0 Å². The van der Waals surface area contributed by atoms with Crippen LogP contribution in [0, 0.1) is 0 Å². The summed E-state index contributed by atoms with van der Waals surface area (Å²) in [7, 11) is 2.74. The van der Waals surface area contributed by atoms with Crippen molar-refractivity contribution < 1.29 is 28.8 Å². The van der Waals surface area contributed by atoms with Crippen LogP contribution >= 0.6 is 0 Å². The Morgan fingerprint density at radius 1 is 1.29 bits per heavy atom. The summed E-state index contributed by atoms with van der Waals surface area (Å²) in [5, 5.41) is 9.83. The van der Waals surface area contributed by atoms with Crippen molar-refractivity contribution in [2.45, 2.75) is 25.0 Å². The molecule has 2 rings (SSSR count). The van der Waals surface area contributed by atoms with Crippen LogP contribution in [0.4, 0.5) is 0 Å². The van der Waals surface area contributed by atoms with Gasteiger partial charge >= 0.3 is 5.97 Å². The number of carbonyl (C=O) groups is 1. The highest BCUT2D eigenvalue weighted by atomic mass is 16.5. The Morgan fingerprint density at radius 2 is 2.00 bits per heavy atom. The average molecular weight is 296 g/mol. The van der Waals surface area contributed by atoms with Crippen molar-refractivity contribution in [3.05, 3.63) is 23.8 Å². The first-order chi connectivity index (χ1) is 10.2. The Labute approximate surface area is 123 Å². The summed E-state index contributed by atoms with van der Waals surface area (Å²) >= 11 is 0. The number of aliphatic hydroxyl groups excluding tert-OH is 1. The van der Waals surface area contributed by atoms with Gasteiger partial charge in [-0.25, -0.2) is 4.79 Å². The summed E-state index contributed by atoms with van der Waals surface area (Å²) < 4.78 is 21.0. The zero-order chi connectivity index (χ0) is 15.2. The molecule has 6 heteroatoms. The van der Waals surface area contributed by atoms with Crippen LogP contribution < -0.4 is 9.47 Å². The molecule has 1 fully saturated rings. The molecule has 1 aliphatic heterocycles. The highest BCUT2D eigenvalue weighted by molar-refractivity contribution is 5.76. The van der Waals surface area contributed by atoms with Gasteiger partial charge in [-0.15, -0.1) is 0 Å². The lowest BCUT2D eigenvalue weighted by Crippen LogP contribution is -2.26. The van der Waals surface area contributed by atoms with E-state index in [0.717, 1.165) is 12.8 Å². The van der Waals surface area contributed by atoms with E-state index in [1.165, 1.54) is 14.2 Å². The second-order valence-corrected chi connectivity index (χ2v) is 4.77. The molecule has 0 bridgehead atoms. The van der Waals surface area contributed by atoms with Gasteiger partial charge in [0.25, 0.3) is 0 Å². The second-order valence-electron chi connectivity index (χ2n) is 4.77. The molecule has 116 valence electrons. The van der Waals surface area contributed by atoms with Crippen LogP contribution in [-0.4, -0.2) is 44.6 Å². The number of carbonyl (C=O) groups excluding carboxylic acids is 1. The molecule has 0 aromatic heterocycles. The van der Waals surface area contributed by atoms with E-state index >= 15 is 0 Å². The van der Waals surface area contributed by atoms with Crippen molar-refractivity contribution in [1.29, 1.82) is 0 Å². The van der Waals surface area contributed by atoms with E-state index in [4.69, 9.17) is 14.2 Å². The molecule has 1 aromatic rings. The van der Waals surface area contributed by atoms with Crippen molar-refractivity contribution in [1.82, 2.24) is 0 Å². The van der Waals surface area contributed by atoms with Crippen molar-refractivity contribution in [2.24, 2.45) is 0 Å². The van der Waals surface area contributed by atoms with Gasteiger partial charge in [0.05, 0.1) is 27.4 Å². The molecule has 1 aromatic carbocycles. The van der Waals surface area contributed by atoms with Gasteiger partial charge in [0, 0.05) is 12.8 Å². The minimum atomic E-state index is -1.33. The van der Waals surface area contributed by atoms with Crippen molar-refractivity contribution in [2.75, 3.05) is 27.4 Å². The first-order valence-electron chi connectivity index (χ1n) is 6.84. The van der Waals surface area contributed by atoms with Crippen molar-refractivity contribution in [3.63, 3.8) is 0 Å². The molecule has 1 N–H and O–H groups in total. The Bertz CT molecular complexity index is 481. The number of hydrogen-bond acceptors (Lipinski definition) is 6. The normalized spacial score (nSPS) is 17.1. The molecular weight excluding hydrogens is 276 g/mol. The largest absolute Gasteiger partial charge is 0.493 e. The molecule has 1 heterocycles. The molecule has 0 saturated carbocycles. The molecule has 1 atom stereocenters. The fourth-order valence-corrected chi connectivity index (χ4v) is 2.17. The van der Waals surface area contributed by atoms with Crippen LogP contribution in [0.25, 0.3) is 0 Å². The highest BCUT2D eigenvalue weighted by Gasteiger charge is 2.21. The molecule has 21 heavy (non-hydrogen) atoms. The maximum atomic E-state index is 11.4. The fourth-order valence-electron chi connectivity index (χ4n) is 2.17. The Balaban J connectivity index is 2.13. The van der Waals surface area contributed by atoms with Crippen LogP contribution in [0.1, 0.15) is 24.5 Å². The molecule has 0 amide bonds. The third kappa shape index (κ3) is 3.86. The SMILES string of the molecule is COC(=O)C(O)c1ccc(OC2CCOCC2)c(OC)c1. The lowest BCUT2D eigenvalue weighted by atomic mass is 10.1. The smallest absolute Gasteiger partial charge is 0.339 e. The quantitative estimate of drug-likeness (QED) is 0.829. The number of hydrogen-bond donors (Lipinski definition) is 1. The van der Waals surface area contributed by atoms with E-state index in [0.29, 0.717) is 30.3 Å². The number of ether oxygens (including phenoxy) is 4. The summed E-state index contributed by atoms with van der Waals surface area (Å²) in [6, 6.07) is 4.89. The van der Waals surface area contributed by atoms with E-state index in [-0.39, 0.29) is 6.10 Å². The molecule has 1 unspecified atom stereocenters. The van der Waals surface area contributed by atoms with Crippen LogP contribution in [0.15, 0.2) is 18.2 Å². The Morgan fingerprint density at radius 3 is 2.62 bits per heavy atom. The number of rotatable bonds is 5. The minimum absolute atomic E-state index is 0.0871. The minimum Gasteiger partial charge on any atom is -0.493 e. The molecule has 6 nitrogen and oxygen atoms in total. The number of aliphatic hydroxyl groups is 1. The Hall–Kier alpha value is -1.79. The fraction of sp³-hybridized carbons (Fsp3) is 0.533. The zero-order valence-electron chi connectivity index (χ0n) is 12.2. The monoisotopic (exact) mass is 296 g/mol. The standard InChI is InChI=1S/C15H20O6/c1-18-13-9-10(14(16)15(17)19-2)3-4-12(13)21-11-5-7-20-8-6-11/h3-4,9,11,14,16H,5-8H2,1-2H3. The molecule has 1 saturated heterocycles. The lowest BCUT2D eigenvalue weighted by Gasteiger charge is -2.24. The van der Waals surface area contributed by atoms with Crippen LogP contribution in [0.5, 0.6) is 11.5 Å². The van der Waals surface area contributed by atoms with Gasteiger partial charge in [-0.3, -0.25) is 0 Å². The molecule has 0 spiro atoms. The van der Waals surface area contributed by atoms with E-state index in [2.05, 4.69) is 4.74 Å². The van der Waals surface area contributed by atoms with Gasteiger partial charge in [0.15, 0.2) is 17.6 Å². The van der Waals surface area contributed by atoms with E-state index in [9.17, 15) is 9.90 Å². The zero-order valence-corrected chi connectivity index (χ0v) is 12.2. The first kappa shape index (κ1) is 15.6. The summed E-state index contributed by atoms with van der Waals surface area (Å²) in [5.74, 6) is 0.349. The highest BCUT2D eigenvalue weighted by Crippen LogP contribution is 2.32. The van der Waals surface area contributed by atoms with Gasteiger partial charge in [0.2, 0.25) is 0 Å².